The zero-order valence-corrected chi connectivity index (χ0v) is 13.7. The van der Waals surface area contributed by atoms with E-state index in [2.05, 4.69) is 16.0 Å². The molecule has 0 atom stereocenters. The summed E-state index contributed by atoms with van der Waals surface area (Å²) in [6, 6.07) is 7.77. The van der Waals surface area contributed by atoms with Crippen LogP contribution in [-0.2, 0) is 11.3 Å². The Bertz CT molecular complexity index is 909. The Balaban J connectivity index is 1.84. The number of methoxy groups -OCH3 is 1. The minimum absolute atomic E-state index is 0.0637. The summed E-state index contributed by atoms with van der Waals surface area (Å²) in [5.41, 5.74) is -0.0637. The van der Waals surface area contributed by atoms with E-state index >= 15 is 0 Å². The summed E-state index contributed by atoms with van der Waals surface area (Å²) in [4.78, 5) is 19.9. The van der Waals surface area contributed by atoms with Crippen LogP contribution in [0.15, 0.2) is 29.1 Å². The number of nitrogens with one attached hydrogen (secondary N) is 1. The van der Waals surface area contributed by atoms with Crippen LogP contribution in [0.25, 0.3) is 21.0 Å². The Kier molecular flexibility index (Phi) is 3.80. The first-order chi connectivity index (χ1) is 11.3. The number of aromatic amines is 1. The molecule has 0 amide bonds. The van der Waals surface area contributed by atoms with Crippen LogP contribution in [0, 0.1) is 0 Å². The van der Waals surface area contributed by atoms with Crippen LogP contribution in [-0.4, -0.2) is 43.3 Å². The van der Waals surface area contributed by atoms with E-state index in [0.717, 1.165) is 54.2 Å². The van der Waals surface area contributed by atoms with E-state index in [1.807, 2.05) is 18.2 Å². The molecule has 0 spiro atoms. The lowest BCUT2D eigenvalue weighted by Crippen LogP contribution is -2.35. The van der Waals surface area contributed by atoms with Crippen molar-refractivity contribution in [2.75, 3.05) is 33.4 Å². The van der Waals surface area contributed by atoms with Gasteiger partial charge in [-0.25, -0.2) is 0 Å². The number of hydrogen-bond acceptors (Lipinski definition) is 5. The monoisotopic (exact) mass is 330 g/mol. The molecule has 0 saturated carbocycles. The maximum absolute atomic E-state index is 12.3. The van der Waals surface area contributed by atoms with Crippen LogP contribution in [0.4, 0.5) is 0 Å². The number of nitrogens with zero attached hydrogens (tertiary/aromatic N) is 1. The van der Waals surface area contributed by atoms with Crippen molar-refractivity contribution in [3.05, 3.63) is 39.5 Å². The normalized spacial score (nSPS) is 16.2. The first-order valence-electron chi connectivity index (χ1n) is 7.68. The second kappa shape index (κ2) is 5.96. The van der Waals surface area contributed by atoms with Gasteiger partial charge in [0.1, 0.15) is 10.6 Å². The van der Waals surface area contributed by atoms with E-state index < -0.39 is 0 Å². The molecule has 1 fully saturated rings. The fourth-order valence-corrected chi connectivity index (χ4v) is 4.22. The van der Waals surface area contributed by atoms with Crippen molar-refractivity contribution >= 4 is 32.3 Å². The van der Waals surface area contributed by atoms with E-state index in [1.54, 1.807) is 18.4 Å². The number of hydrogen-bond donors (Lipinski definition) is 1. The van der Waals surface area contributed by atoms with E-state index in [9.17, 15) is 4.79 Å². The summed E-state index contributed by atoms with van der Waals surface area (Å²) in [5.74, 6) is 0.745. The number of morpholine rings is 1. The second-order valence-corrected chi connectivity index (χ2v) is 6.82. The highest BCUT2D eigenvalue weighted by Crippen LogP contribution is 2.34. The standard InChI is InChI=1S/C17H18N2O3S/c1-21-14-4-2-3-12-15(14)13-9-11(23-17(13)18-16(12)20)10-19-5-7-22-8-6-19/h2-4,9H,5-8,10H2,1H3,(H,18,20). The zero-order valence-electron chi connectivity index (χ0n) is 12.9. The molecule has 0 aliphatic carbocycles. The molecule has 0 radical (unpaired) electrons. The largest absolute Gasteiger partial charge is 0.496 e. The molecule has 6 heteroatoms. The summed E-state index contributed by atoms with van der Waals surface area (Å²) in [6.07, 6.45) is 0. The number of ether oxygens (including phenoxy) is 2. The van der Waals surface area contributed by atoms with Crippen LogP contribution >= 0.6 is 11.3 Å². The third kappa shape index (κ3) is 2.63. The fraction of sp³-hybridized carbons (Fsp3) is 0.353. The number of rotatable bonds is 3. The van der Waals surface area contributed by atoms with Gasteiger partial charge < -0.3 is 14.5 Å². The van der Waals surface area contributed by atoms with E-state index in [4.69, 9.17) is 9.47 Å². The molecule has 1 N–H and O–H groups in total. The number of thiophene rings is 1. The molecule has 3 heterocycles. The van der Waals surface area contributed by atoms with Gasteiger partial charge in [0.15, 0.2) is 0 Å². The molecule has 4 rings (SSSR count). The molecule has 5 nitrogen and oxygen atoms in total. The van der Waals surface area contributed by atoms with Crippen molar-refractivity contribution in [2.45, 2.75) is 6.54 Å². The zero-order chi connectivity index (χ0) is 15.8. The van der Waals surface area contributed by atoms with E-state index in [1.165, 1.54) is 4.88 Å². The number of aromatic nitrogens is 1. The molecule has 3 aromatic rings. The molecule has 0 unspecified atom stereocenters. The molecule has 23 heavy (non-hydrogen) atoms. The van der Waals surface area contributed by atoms with Crippen molar-refractivity contribution < 1.29 is 9.47 Å². The van der Waals surface area contributed by atoms with Gasteiger partial charge in [-0.05, 0) is 18.2 Å². The average molecular weight is 330 g/mol. The number of benzene rings is 1. The lowest BCUT2D eigenvalue weighted by Gasteiger charge is -2.25. The molecule has 1 saturated heterocycles. The molecular weight excluding hydrogens is 312 g/mol. The fourth-order valence-electron chi connectivity index (χ4n) is 3.12. The molecule has 120 valence electrons. The van der Waals surface area contributed by atoms with Gasteiger partial charge in [0.2, 0.25) is 0 Å². The first kappa shape index (κ1) is 14.7. The second-order valence-electron chi connectivity index (χ2n) is 5.68. The maximum atomic E-state index is 12.3. The van der Waals surface area contributed by atoms with Gasteiger partial charge in [-0.3, -0.25) is 9.69 Å². The highest BCUT2D eigenvalue weighted by Gasteiger charge is 2.16. The van der Waals surface area contributed by atoms with Crippen molar-refractivity contribution in [1.29, 1.82) is 0 Å². The topological polar surface area (TPSA) is 54.6 Å². The average Bonchev–Trinajstić information content (AvgIpc) is 2.97. The minimum Gasteiger partial charge on any atom is -0.496 e. The van der Waals surface area contributed by atoms with Gasteiger partial charge in [-0.2, -0.15) is 0 Å². The SMILES string of the molecule is COc1cccc2c(=O)[nH]c3sc(CN4CCOCC4)cc3c12. The van der Waals surface area contributed by atoms with Gasteiger partial charge >= 0.3 is 0 Å². The molecule has 2 aromatic heterocycles. The van der Waals surface area contributed by atoms with Crippen molar-refractivity contribution in [2.24, 2.45) is 0 Å². The third-order valence-electron chi connectivity index (χ3n) is 4.25. The number of fused-ring (bicyclic) bond motifs is 3. The summed E-state index contributed by atoms with van der Waals surface area (Å²) in [6.45, 7) is 4.38. The summed E-state index contributed by atoms with van der Waals surface area (Å²) < 4.78 is 10.9. The van der Waals surface area contributed by atoms with Crippen LogP contribution in [0.5, 0.6) is 5.75 Å². The Hall–Kier alpha value is -1.89. The smallest absolute Gasteiger partial charge is 0.257 e. The van der Waals surface area contributed by atoms with Crippen LogP contribution < -0.4 is 10.3 Å². The number of H-pyrrole nitrogens is 1. The Morgan fingerprint density at radius 2 is 2.13 bits per heavy atom. The van der Waals surface area contributed by atoms with Crippen LogP contribution in [0.2, 0.25) is 0 Å². The lowest BCUT2D eigenvalue weighted by atomic mass is 10.1. The Morgan fingerprint density at radius 3 is 2.91 bits per heavy atom. The maximum Gasteiger partial charge on any atom is 0.257 e. The molecule has 1 aliphatic heterocycles. The summed E-state index contributed by atoms with van der Waals surface area (Å²) >= 11 is 1.65. The molecule has 1 aliphatic rings. The van der Waals surface area contributed by atoms with Gasteiger partial charge in [0.25, 0.3) is 5.56 Å². The van der Waals surface area contributed by atoms with Crippen molar-refractivity contribution in [1.82, 2.24) is 9.88 Å². The summed E-state index contributed by atoms with van der Waals surface area (Å²) in [5, 5.41) is 2.64. The highest BCUT2D eigenvalue weighted by molar-refractivity contribution is 7.18. The third-order valence-corrected chi connectivity index (χ3v) is 5.29. The van der Waals surface area contributed by atoms with Gasteiger partial charge in [0, 0.05) is 35.3 Å². The van der Waals surface area contributed by atoms with Crippen molar-refractivity contribution in [3.8, 4) is 5.75 Å². The quantitative estimate of drug-likeness (QED) is 0.802. The van der Waals surface area contributed by atoms with E-state index in [0.29, 0.717) is 5.39 Å². The summed E-state index contributed by atoms with van der Waals surface area (Å²) in [7, 11) is 1.64. The minimum atomic E-state index is -0.0637. The highest BCUT2D eigenvalue weighted by atomic mass is 32.1. The lowest BCUT2D eigenvalue weighted by molar-refractivity contribution is 0.0346. The molecule has 1 aromatic carbocycles. The first-order valence-corrected chi connectivity index (χ1v) is 8.49. The predicted octanol–water partition coefficient (Wildman–Crippen LogP) is 2.58. The Morgan fingerprint density at radius 1 is 1.30 bits per heavy atom. The van der Waals surface area contributed by atoms with E-state index in [-0.39, 0.29) is 5.56 Å². The van der Waals surface area contributed by atoms with Crippen molar-refractivity contribution in [3.63, 3.8) is 0 Å². The number of pyridine rings is 1. The predicted molar refractivity (Wildman–Crippen MR) is 92.6 cm³/mol. The van der Waals surface area contributed by atoms with Gasteiger partial charge in [0.05, 0.1) is 25.7 Å². The van der Waals surface area contributed by atoms with Crippen LogP contribution in [0.1, 0.15) is 4.88 Å². The molecular formula is C17H18N2O3S. The Labute approximate surface area is 137 Å². The van der Waals surface area contributed by atoms with Gasteiger partial charge in [-0.1, -0.05) is 6.07 Å². The van der Waals surface area contributed by atoms with Crippen LogP contribution in [0.3, 0.4) is 0 Å². The molecule has 0 bridgehead atoms. The van der Waals surface area contributed by atoms with Gasteiger partial charge in [-0.15, -0.1) is 11.3 Å².